The van der Waals surface area contributed by atoms with Crippen molar-refractivity contribution in [1.82, 2.24) is 0 Å². The summed E-state index contributed by atoms with van der Waals surface area (Å²) in [6.45, 7) is 8.28. The highest BCUT2D eigenvalue weighted by Gasteiger charge is 2.34. The van der Waals surface area contributed by atoms with E-state index in [9.17, 15) is 4.79 Å². The summed E-state index contributed by atoms with van der Waals surface area (Å²) in [6, 6.07) is 11.8. The van der Waals surface area contributed by atoms with Gasteiger partial charge in [-0.2, -0.15) is 0 Å². The first-order chi connectivity index (χ1) is 13.3. The molecule has 0 saturated heterocycles. The Morgan fingerprint density at radius 2 is 1.50 bits per heavy atom. The summed E-state index contributed by atoms with van der Waals surface area (Å²) >= 11 is 9.57. The molecule has 4 rings (SSSR count). The van der Waals surface area contributed by atoms with Crippen LogP contribution >= 0.6 is 34.3 Å². The van der Waals surface area contributed by atoms with Gasteiger partial charge >= 0.3 is 5.97 Å². The van der Waals surface area contributed by atoms with Crippen LogP contribution in [0.15, 0.2) is 42.2 Å². The Morgan fingerprint density at radius 3 is 2.04 bits per heavy atom. The molecule has 0 spiro atoms. The second kappa shape index (κ2) is 7.36. The van der Waals surface area contributed by atoms with Crippen LogP contribution in [0.4, 0.5) is 0 Å². The molecule has 2 nitrogen and oxygen atoms in total. The van der Waals surface area contributed by atoms with Crippen LogP contribution in [-0.4, -0.2) is 5.97 Å². The first-order valence-electron chi connectivity index (χ1n) is 8.92. The number of cyclic esters (lactones) is 1. The highest BCUT2D eigenvalue weighted by atomic mass is 35.5. The summed E-state index contributed by atoms with van der Waals surface area (Å²) in [5.74, 6) is 0.277. The summed E-state index contributed by atoms with van der Waals surface area (Å²) in [5, 5.41) is 0.649. The smallest absolute Gasteiger partial charge is 0.344 e. The molecule has 1 aromatic carbocycles. The highest BCUT2D eigenvalue weighted by molar-refractivity contribution is 7.12. The number of allylic oxidation sites excluding steroid dienone is 1. The molecule has 142 valence electrons. The topological polar surface area (TPSA) is 26.3 Å². The van der Waals surface area contributed by atoms with Crippen molar-refractivity contribution in [3.8, 4) is 0 Å². The lowest BCUT2D eigenvalue weighted by atomic mass is 9.94. The molecule has 0 radical (unpaired) electrons. The van der Waals surface area contributed by atoms with Gasteiger partial charge in [0.2, 0.25) is 0 Å². The fraction of sp³-hybridized carbons (Fsp3) is 0.174. The van der Waals surface area contributed by atoms with Crippen molar-refractivity contribution >= 4 is 57.5 Å². The van der Waals surface area contributed by atoms with Crippen LogP contribution in [0.2, 0.25) is 5.02 Å². The minimum atomic E-state index is -0.299. The minimum absolute atomic E-state index is 0.299. The maximum absolute atomic E-state index is 13.0. The number of aryl methyl sites for hydroxylation is 4. The Hall–Kier alpha value is -2.14. The van der Waals surface area contributed by atoms with Gasteiger partial charge in [-0.05, 0) is 63.6 Å². The van der Waals surface area contributed by atoms with Crippen molar-refractivity contribution in [3.63, 3.8) is 0 Å². The van der Waals surface area contributed by atoms with Crippen molar-refractivity contribution in [2.75, 3.05) is 0 Å². The molecule has 28 heavy (non-hydrogen) atoms. The van der Waals surface area contributed by atoms with Crippen molar-refractivity contribution in [1.29, 1.82) is 0 Å². The third-order valence-electron chi connectivity index (χ3n) is 4.67. The Labute approximate surface area is 177 Å². The molecule has 3 heterocycles. The molecule has 5 heteroatoms. The third kappa shape index (κ3) is 3.48. The van der Waals surface area contributed by atoms with Crippen LogP contribution in [0.1, 0.15) is 36.2 Å². The predicted octanol–water partition coefficient (Wildman–Crippen LogP) is 7.21. The molecule has 0 atom stereocenters. The van der Waals surface area contributed by atoms with E-state index in [1.807, 2.05) is 30.3 Å². The number of carbonyl (C=O) groups is 1. The van der Waals surface area contributed by atoms with Crippen LogP contribution in [-0.2, 0) is 9.53 Å². The second-order valence-corrected chi connectivity index (χ2v) is 10.2. The van der Waals surface area contributed by atoms with Gasteiger partial charge in [-0.1, -0.05) is 23.7 Å². The van der Waals surface area contributed by atoms with E-state index in [1.165, 1.54) is 14.6 Å². The number of hydrogen-bond donors (Lipinski definition) is 0. The van der Waals surface area contributed by atoms with Gasteiger partial charge in [-0.15, -0.1) is 22.7 Å². The summed E-state index contributed by atoms with van der Waals surface area (Å²) in [5.41, 5.74) is 4.43. The fourth-order valence-electron chi connectivity index (χ4n) is 3.55. The van der Waals surface area contributed by atoms with Gasteiger partial charge < -0.3 is 4.74 Å². The molecule has 0 bridgehead atoms. The second-order valence-electron chi connectivity index (χ2n) is 6.86. The van der Waals surface area contributed by atoms with E-state index in [0.717, 1.165) is 27.1 Å². The summed E-state index contributed by atoms with van der Waals surface area (Å²) < 4.78 is 5.78. The highest BCUT2D eigenvalue weighted by Crippen LogP contribution is 2.45. The molecule has 0 aliphatic carbocycles. The number of ether oxygens (including phenoxy) is 1. The number of esters is 1. The van der Waals surface area contributed by atoms with Crippen LogP contribution in [0.5, 0.6) is 0 Å². The molecule has 2 aromatic heterocycles. The molecule has 0 N–H and O–H groups in total. The Morgan fingerprint density at radius 1 is 0.893 bits per heavy atom. The third-order valence-corrected chi connectivity index (χ3v) is 6.84. The van der Waals surface area contributed by atoms with Crippen LogP contribution in [0, 0.1) is 27.7 Å². The normalized spacial score (nSPS) is 15.6. The number of carbonyl (C=O) groups excluding carboxylic acids is 1. The van der Waals surface area contributed by atoms with Gasteiger partial charge in [0.25, 0.3) is 0 Å². The maximum Gasteiger partial charge on any atom is 0.344 e. The molecular formula is C23H19ClO2S2. The number of thiophene rings is 2. The SMILES string of the molecule is Cc1cc(C2=C(c3cc(C)sc3C)C(=Cc3cccc(Cl)c3)OC2=O)c(C)s1. The lowest BCUT2D eigenvalue weighted by molar-refractivity contribution is -0.131. The average molecular weight is 427 g/mol. The molecule has 0 fully saturated rings. The molecule has 0 saturated carbocycles. The van der Waals surface area contributed by atoms with E-state index in [0.29, 0.717) is 16.4 Å². The summed E-state index contributed by atoms with van der Waals surface area (Å²) in [7, 11) is 0. The molecule has 1 aliphatic rings. The van der Waals surface area contributed by atoms with Crippen molar-refractivity contribution in [3.05, 3.63) is 83.4 Å². The van der Waals surface area contributed by atoms with Gasteiger partial charge in [-0.3, -0.25) is 0 Å². The largest absolute Gasteiger partial charge is 0.422 e. The van der Waals surface area contributed by atoms with Gasteiger partial charge in [0.15, 0.2) is 0 Å². The van der Waals surface area contributed by atoms with E-state index in [4.69, 9.17) is 16.3 Å². The quantitative estimate of drug-likeness (QED) is 0.413. The first kappa shape index (κ1) is 19.2. The standard InChI is InChI=1S/C23H19ClO2S2/c1-12-8-18(14(3)27-12)21-20(11-16-6-5-7-17(24)10-16)26-23(25)22(21)19-9-13(2)28-15(19)4/h5-11H,1-4H3. The predicted molar refractivity (Wildman–Crippen MR) is 120 cm³/mol. The number of rotatable bonds is 3. The maximum atomic E-state index is 13.0. The van der Waals surface area contributed by atoms with Crippen molar-refractivity contribution in [2.24, 2.45) is 0 Å². The van der Waals surface area contributed by atoms with Crippen LogP contribution in [0.25, 0.3) is 17.2 Å². The van der Waals surface area contributed by atoms with Gasteiger partial charge in [0, 0.05) is 41.2 Å². The molecule has 3 aromatic rings. The van der Waals surface area contributed by atoms with Crippen molar-refractivity contribution in [2.45, 2.75) is 27.7 Å². The first-order valence-corrected chi connectivity index (χ1v) is 10.9. The Kier molecular flexibility index (Phi) is 5.04. The fourth-order valence-corrected chi connectivity index (χ4v) is 5.61. The van der Waals surface area contributed by atoms with E-state index in [2.05, 4.69) is 39.8 Å². The Bertz CT molecular complexity index is 1160. The van der Waals surface area contributed by atoms with Gasteiger partial charge in [0.1, 0.15) is 5.76 Å². The summed E-state index contributed by atoms with van der Waals surface area (Å²) in [6.07, 6.45) is 1.90. The van der Waals surface area contributed by atoms with Crippen LogP contribution in [0.3, 0.4) is 0 Å². The molecule has 0 unspecified atom stereocenters. The zero-order valence-electron chi connectivity index (χ0n) is 16.1. The van der Waals surface area contributed by atoms with E-state index < -0.39 is 0 Å². The zero-order chi connectivity index (χ0) is 20.0. The zero-order valence-corrected chi connectivity index (χ0v) is 18.4. The van der Waals surface area contributed by atoms with E-state index >= 15 is 0 Å². The lowest BCUT2D eigenvalue weighted by Gasteiger charge is -2.06. The summed E-state index contributed by atoms with van der Waals surface area (Å²) in [4.78, 5) is 17.6. The van der Waals surface area contributed by atoms with E-state index in [-0.39, 0.29) is 5.97 Å². The monoisotopic (exact) mass is 426 g/mol. The number of halogens is 1. The molecular weight excluding hydrogens is 408 g/mol. The van der Waals surface area contributed by atoms with E-state index in [1.54, 1.807) is 22.7 Å². The van der Waals surface area contributed by atoms with Crippen LogP contribution < -0.4 is 0 Å². The number of hydrogen-bond acceptors (Lipinski definition) is 4. The average Bonchev–Trinajstić information content (AvgIpc) is 3.22. The molecule has 0 amide bonds. The Balaban J connectivity index is 1.99. The van der Waals surface area contributed by atoms with Crippen molar-refractivity contribution < 1.29 is 9.53 Å². The minimum Gasteiger partial charge on any atom is -0.422 e. The van der Waals surface area contributed by atoms with Gasteiger partial charge in [-0.25, -0.2) is 4.79 Å². The lowest BCUT2D eigenvalue weighted by Crippen LogP contribution is -1.98. The number of benzene rings is 1. The van der Waals surface area contributed by atoms with Gasteiger partial charge in [0.05, 0.1) is 5.57 Å². The molecule has 1 aliphatic heterocycles.